The molecule has 0 unspecified atom stereocenters. The molecule has 2 amide bonds. The number of hydrogen-bond donors (Lipinski definition) is 1. The number of para-hydroxylation sites is 1. The lowest BCUT2D eigenvalue weighted by Gasteiger charge is -2.32. The van der Waals surface area contributed by atoms with Crippen LogP contribution in [0.2, 0.25) is 0 Å². The van der Waals surface area contributed by atoms with Gasteiger partial charge in [0.05, 0.1) is 7.11 Å². The first kappa shape index (κ1) is 25.3. The lowest BCUT2D eigenvalue weighted by atomic mass is 10.0. The Morgan fingerprint density at radius 2 is 1.53 bits per heavy atom. The van der Waals surface area contributed by atoms with Crippen molar-refractivity contribution < 1.29 is 19.1 Å². The maximum Gasteiger partial charge on any atom is 0.261 e. The summed E-state index contributed by atoms with van der Waals surface area (Å²) in [5, 5.41) is 3.22. The quantitative estimate of drug-likeness (QED) is 0.424. The molecule has 1 fully saturated rings. The normalized spacial score (nSPS) is 14.1. The number of benzene rings is 3. The van der Waals surface area contributed by atoms with Gasteiger partial charge in [-0.1, -0.05) is 73.5 Å². The van der Waals surface area contributed by atoms with Crippen molar-refractivity contribution in [1.29, 1.82) is 0 Å². The molecule has 0 saturated heterocycles. The Kier molecular flexibility index (Phi) is 8.98. The Bertz CT molecular complexity index is 1110. The highest BCUT2D eigenvalue weighted by molar-refractivity contribution is 5.88. The predicted octanol–water partition coefficient (Wildman–Crippen LogP) is 4.77. The van der Waals surface area contributed by atoms with Gasteiger partial charge in [-0.05, 0) is 48.2 Å². The summed E-state index contributed by atoms with van der Waals surface area (Å²) in [4.78, 5) is 29.0. The molecule has 36 heavy (non-hydrogen) atoms. The van der Waals surface area contributed by atoms with Gasteiger partial charge in [0.2, 0.25) is 5.91 Å². The number of carbonyl (C=O) groups is 2. The summed E-state index contributed by atoms with van der Waals surface area (Å²) in [7, 11) is 1.61. The molecule has 0 aliphatic heterocycles. The van der Waals surface area contributed by atoms with E-state index >= 15 is 0 Å². The summed E-state index contributed by atoms with van der Waals surface area (Å²) < 4.78 is 11.2. The fourth-order valence-electron chi connectivity index (χ4n) is 4.63. The minimum absolute atomic E-state index is 0.123. The molecule has 0 spiro atoms. The maximum absolute atomic E-state index is 13.7. The van der Waals surface area contributed by atoms with Crippen LogP contribution in [-0.2, 0) is 22.6 Å². The molecule has 1 N–H and O–H groups in total. The highest BCUT2D eigenvalue weighted by atomic mass is 16.5. The number of methoxy groups -OCH3 is 1. The fourth-order valence-corrected chi connectivity index (χ4v) is 4.63. The number of hydrogen-bond acceptors (Lipinski definition) is 4. The molecule has 3 aromatic rings. The van der Waals surface area contributed by atoms with E-state index in [2.05, 4.69) is 5.32 Å². The molecule has 3 aromatic carbocycles. The second-order valence-corrected chi connectivity index (χ2v) is 9.17. The lowest BCUT2D eigenvalue weighted by molar-refractivity contribution is -0.143. The standard InChI is InChI=1S/C30H34N2O4/c1-35-27-18-10-13-24(19-27)21-32(29(33)22-36-26-16-6-3-7-17-26)28(20-23-11-4-2-5-12-23)30(34)31-25-14-8-9-15-25/h2-7,10-13,16-19,25,28H,8-9,14-15,20-22H2,1H3,(H,31,34)/t28-/m1/s1. The van der Waals surface area contributed by atoms with Gasteiger partial charge in [-0.15, -0.1) is 0 Å². The Labute approximate surface area is 213 Å². The van der Waals surface area contributed by atoms with Gasteiger partial charge in [-0.2, -0.15) is 0 Å². The second-order valence-electron chi connectivity index (χ2n) is 9.17. The molecule has 0 heterocycles. The third-order valence-corrected chi connectivity index (χ3v) is 6.57. The molecular weight excluding hydrogens is 452 g/mol. The van der Waals surface area contributed by atoms with E-state index in [4.69, 9.17) is 9.47 Å². The van der Waals surface area contributed by atoms with Gasteiger partial charge in [-0.25, -0.2) is 0 Å². The van der Waals surface area contributed by atoms with Crippen LogP contribution in [0.4, 0.5) is 0 Å². The predicted molar refractivity (Wildman–Crippen MR) is 140 cm³/mol. The first-order valence-electron chi connectivity index (χ1n) is 12.6. The van der Waals surface area contributed by atoms with Crippen LogP contribution in [0.25, 0.3) is 0 Å². The van der Waals surface area contributed by atoms with Crippen molar-refractivity contribution in [2.75, 3.05) is 13.7 Å². The molecular formula is C30H34N2O4. The Morgan fingerprint density at radius 1 is 0.889 bits per heavy atom. The van der Waals surface area contributed by atoms with Crippen molar-refractivity contribution in [1.82, 2.24) is 10.2 Å². The molecule has 4 rings (SSSR count). The number of rotatable bonds is 11. The van der Waals surface area contributed by atoms with Crippen molar-refractivity contribution in [2.24, 2.45) is 0 Å². The van der Waals surface area contributed by atoms with Crippen LogP contribution in [0.1, 0.15) is 36.8 Å². The molecule has 1 atom stereocenters. The zero-order valence-electron chi connectivity index (χ0n) is 20.8. The first-order valence-corrected chi connectivity index (χ1v) is 12.6. The number of nitrogens with zero attached hydrogens (tertiary/aromatic N) is 1. The molecule has 1 aliphatic carbocycles. The highest BCUT2D eigenvalue weighted by Gasteiger charge is 2.32. The maximum atomic E-state index is 13.7. The minimum atomic E-state index is -0.675. The van der Waals surface area contributed by atoms with E-state index in [1.807, 2.05) is 84.9 Å². The van der Waals surface area contributed by atoms with Crippen molar-refractivity contribution in [2.45, 2.75) is 50.7 Å². The Morgan fingerprint density at radius 3 is 2.22 bits per heavy atom. The smallest absolute Gasteiger partial charge is 0.261 e. The third-order valence-electron chi connectivity index (χ3n) is 6.57. The van der Waals surface area contributed by atoms with Crippen molar-refractivity contribution in [3.63, 3.8) is 0 Å². The van der Waals surface area contributed by atoms with Gasteiger partial charge in [0.1, 0.15) is 17.5 Å². The van der Waals surface area contributed by atoms with Crippen LogP contribution >= 0.6 is 0 Å². The molecule has 6 nitrogen and oxygen atoms in total. The number of ether oxygens (including phenoxy) is 2. The van der Waals surface area contributed by atoms with Gasteiger partial charge >= 0.3 is 0 Å². The van der Waals surface area contributed by atoms with E-state index in [1.165, 1.54) is 0 Å². The third kappa shape index (κ3) is 7.11. The average Bonchev–Trinajstić information content (AvgIpc) is 3.43. The lowest BCUT2D eigenvalue weighted by Crippen LogP contribution is -2.53. The van der Waals surface area contributed by atoms with Gasteiger partial charge < -0.3 is 19.7 Å². The fraction of sp³-hybridized carbons (Fsp3) is 0.333. The van der Waals surface area contributed by atoms with Crippen LogP contribution < -0.4 is 14.8 Å². The second kappa shape index (κ2) is 12.8. The van der Waals surface area contributed by atoms with E-state index in [9.17, 15) is 9.59 Å². The molecule has 0 radical (unpaired) electrons. The van der Waals surface area contributed by atoms with Gasteiger partial charge in [0.25, 0.3) is 5.91 Å². The topological polar surface area (TPSA) is 67.9 Å². The number of carbonyl (C=O) groups excluding carboxylic acids is 2. The molecule has 188 valence electrons. The number of nitrogens with one attached hydrogen (secondary N) is 1. The summed E-state index contributed by atoms with van der Waals surface area (Å²) in [5.41, 5.74) is 1.88. The zero-order valence-corrected chi connectivity index (χ0v) is 20.8. The average molecular weight is 487 g/mol. The highest BCUT2D eigenvalue weighted by Crippen LogP contribution is 2.21. The van der Waals surface area contributed by atoms with E-state index in [0.717, 1.165) is 36.8 Å². The van der Waals surface area contributed by atoms with Crippen molar-refractivity contribution in [3.8, 4) is 11.5 Å². The van der Waals surface area contributed by atoms with Crippen LogP contribution in [0.15, 0.2) is 84.9 Å². The van der Waals surface area contributed by atoms with E-state index in [0.29, 0.717) is 17.9 Å². The van der Waals surface area contributed by atoms with Crippen LogP contribution in [0.5, 0.6) is 11.5 Å². The van der Waals surface area contributed by atoms with Gasteiger partial charge in [-0.3, -0.25) is 9.59 Å². The minimum Gasteiger partial charge on any atom is -0.497 e. The van der Waals surface area contributed by atoms with Crippen LogP contribution in [-0.4, -0.2) is 42.5 Å². The monoisotopic (exact) mass is 486 g/mol. The van der Waals surface area contributed by atoms with E-state index in [1.54, 1.807) is 12.0 Å². The van der Waals surface area contributed by atoms with Gasteiger partial charge in [0.15, 0.2) is 6.61 Å². The number of amides is 2. The zero-order chi connectivity index (χ0) is 25.2. The Balaban J connectivity index is 1.62. The SMILES string of the molecule is COc1cccc(CN(C(=O)COc2ccccc2)[C@H](Cc2ccccc2)C(=O)NC2CCCC2)c1. The largest absolute Gasteiger partial charge is 0.497 e. The summed E-state index contributed by atoms with van der Waals surface area (Å²) >= 11 is 0. The Hall–Kier alpha value is -3.80. The summed E-state index contributed by atoms with van der Waals surface area (Å²) in [5.74, 6) is 0.948. The molecule has 1 aliphatic rings. The molecule has 0 aromatic heterocycles. The molecule has 1 saturated carbocycles. The van der Waals surface area contributed by atoms with Crippen LogP contribution in [0, 0.1) is 0 Å². The van der Waals surface area contributed by atoms with Crippen molar-refractivity contribution in [3.05, 3.63) is 96.1 Å². The first-order chi connectivity index (χ1) is 17.6. The molecule has 0 bridgehead atoms. The summed E-state index contributed by atoms with van der Waals surface area (Å²) in [6, 6.07) is 26.2. The van der Waals surface area contributed by atoms with Crippen molar-refractivity contribution >= 4 is 11.8 Å². The van der Waals surface area contributed by atoms with E-state index < -0.39 is 6.04 Å². The van der Waals surface area contributed by atoms with Crippen LogP contribution in [0.3, 0.4) is 0 Å². The summed E-state index contributed by atoms with van der Waals surface area (Å²) in [6.07, 6.45) is 4.60. The van der Waals surface area contributed by atoms with E-state index in [-0.39, 0.29) is 31.0 Å². The summed E-state index contributed by atoms with van der Waals surface area (Å²) in [6.45, 7) is 0.111. The van der Waals surface area contributed by atoms with Gasteiger partial charge in [0, 0.05) is 19.0 Å². The molecule has 6 heteroatoms.